The van der Waals surface area contributed by atoms with Gasteiger partial charge in [-0.15, -0.1) is 0 Å². The van der Waals surface area contributed by atoms with Crippen molar-refractivity contribution in [1.29, 1.82) is 0 Å². The Kier molecular flexibility index (Phi) is 7.53. The third-order valence-corrected chi connectivity index (χ3v) is 11.3. The number of para-hydroxylation sites is 1. The minimum atomic E-state index is 0.896. The van der Waals surface area contributed by atoms with Gasteiger partial charge in [0.05, 0.1) is 0 Å². The lowest BCUT2D eigenvalue weighted by Gasteiger charge is -2.26. The Balaban J connectivity index is 1.06. The molecule has 2 heteroatoms. The fourth-order valence-corrected chi connectivity index (χ4v) is 8.60. The van der Waals surface area contributed by atoms with Crippen molar-refractivity contribution >= 4 is 71.3 Å². The summed E-state index contributed by atoms with van der Waals surface area (Å²) in [7, 11) is 0. The molecular formula is C54H35NO. The zero-order chi connectivity index (χ0) is 37.0. The lowest BCUT2D eigenvalue weighted by molar-refractivity contribution is 0.669. The van der Waals surface area contributed by atoms with Crippen LogP contribution in [0.25, 0.3) is 87.6 Å². The highest BCUT2D eigenvalue weighted by molar-refractivity contribution is 6.21. The van der Waals surface area contributed by atoms with Gasteiger partial charge in [0.15, 0.2) is 0 Å². The Labute approximate surface area is 325 Å². The molecule has 2 nitrogen and oxygen atoms in total. The number of hydrogen-bond donors (Lipinski definition) is 0. The second kappa shape index (κ2) is 13.2. The first-order valence-corrected chi connectivity index (χ1v) is 19.2. The maximum absolute atomic E-state index is 6.29. The number of rotatable bonds is 6. The summed E-state index contributed by atoms with van der Waals surface area (Å²) < 4.78 is 6.29. The smallest absolute Gasteiger partial charge is 0.136 e. The molecule has 0 aliphatic heterocycles. The molecule has 0 N–H and O–H groups in total. The fourth-order valence-electron chi connectivity index (χ4n) is 8.60. The molecule has 0 saturated carbocycles. The molecule has 56 heavy (non-hydrogen) atoms. The zero-order valence-corrected chi connectivity index (χ0v) is 30.6. The van der Waals surface area contributed by atoms with Gasteiger partial charge < -0.3 is 9.32 Å². The van der Waals surface area contributed by atoms with E-state index < -0.39 is 0 Å². The Hall–Kier alpha value is -7.42. The summed E-state index contributed by atoms with van der Waals surface area (Å²) in [5, 5.41) is 9.88. The van der Waals surface area contributed by atoms with Crippen LogP contribution in [0.15, 0.2) is 217 Å². The first kappa shape index (κ1) is 32.0. The summed E-state index contributed by atoms with van der Waals surface area (Å²) in [6.45, 7) is 0. The summed E-state index contributed by atoms with van der Waals surface area (Å²) in [4.78, 5) is 2.36. The van der Waals surface area contributed by atoms with E-state index in [-0.39, 0.29) is 0 Å². The van der Waals surface area contributed by atoms with Crippen molar-refractivity contribution in [1.82, 2.24) is 0 Å². The second-order valence-electron chi connectivity index (χ2n) is 14.5. The van der Waals surface area contributed by atoms with E-state index in [1.54, 1.807) is 0 Å². The van der Waals surface area contributed by atoms with E-state index in [1.165, 1.54) is 54.6 Å². The van der Waals surface area contributed by atoms with Crippen LogP contribution in [0.5, 0.6) is 0 Å². The van der Waals surface area contributed by atoms with Crippen LogP contribution in [0.4, 0.5) is 17.1 Å². The zero-order valence-electron chi connectivity index (χ0n) is 30.6. The van der Waals surface area contributed by atoms with E-state index in [9.17, 15) is 0 Å². The van der Waals surface area contributed by atoms with Crippen molar-refractivity contribution in [2.45, 2.75) is 0 Å². The molecule has 0 bridgehead atoms. The van der Waals surface area contributed by atoms with Crippen LogP contribution in [-0.2, 0) is 0 Å². The molecule has 262 valence electrons. The third kappa shape index (κ3) is 5.34. The summed E-state index contributed by atoms with van der Waals surface area (Å²) in [5.74, 6) is 0. The standard InChI is InChI=1S/C54H35NO/c1-2-12-36(13-3-1)37-24-29-41(30-25-37)55(43-16-10-15-40(34-43)45-21-11-23-53-54(45)49-20-8-9-22-52(49)56-53)42-31-26-39(27-32-42)50-35-51-44-17-5-4-14-38(44)28-33-48(51)46-18-6-7-19-47(46)50/h1-35H. The molecule has 0 atom stereocenters. The van der Waals surface area contributed by atoms with Crippen LogP contribution in [0.3, 0.4) is 0 Å². The molecule has 0 aliphatic carbocycles. The summed E-state index contributed by atoms with van der Waals surface area (Å²) in [6.07, 6.45) is 0. The summed E-state index contributed by atoms with van der Waals surface area (Å²) >= 11 is 0. The molecule has 0 aliphatic rings. The monoisotopic (exact) mass is 713 g/mol. The topological polar surface area (TPSA) is 16.4 Å². The van der Waals surface area contributed by atoms with Gasteiger partial charge in [-0.2, -0.15) is 0 Å². The lowest BCUT2D eigenvalue weighted by Crippen LogP contribution is -2.10. The van der Waals surface area contributed by atoms with Gasteiger partial charge in [-0.05, 0) is 120 Å². The van der Waals surface area contributed by atoms with Crippen LogP contribution in [0.2, 0.25) is 0 Å². The van der Waals surface area contributed by atoms with Gasteiger partial charge in [-0.3, -0.25) is 0 Å². The number of benzene rings is 10. The van der Waals surface area contributed by atoms with Crippen molar-refractivity contribution in [3.05, 3.63) is 212 Å². The number of anilines is 3. The van der Waals surface area contributed by atoms with Crippen LogP contribution in [0.1, 0.15) is 0 Å². The largest absolute Gasteiger partial charge is 0.456 e. The van der Waals surface area contributed by atoms with Crippen LogP contribution < -0.4 is 4.90 Å². The summed E-state index contributed by atoms with van der Waals surface area (Å²) in [5.41, 5.74) is 12.1. The lowest BCUT2D eigenvalue weighted by atomic mass is 9.91. The minimum absolute atomic E-state index is 0.896. The fraction of sp³-hybridized carbons (Fsp3) is 0. The van der Waals surface area contributed by atoms with E-state index in [2.05, 4.69) is 205 Å². The first-order valence-electron chi connectivity index (χ1n) is 19.2. The van der Waals surface area contributed by atoms with E-state index in [4.69, 9.17) is 4.42 Å². The molecule has 0 radical (unpaired) electrons. The second-order valence-corrected chi connectivity index (χ2v) is 14.5. The Morgan fingerprint density at radius 3 is 1.68 bits per heavy atom. The molecule has 0 amide bonds. The minimum Gasteiger partial charge on any atom is -0.456 e. The van der Waals surface area contributed by atoms with E-state index in [0.717, 1.165) is 50.1 Å². The van der Waals surface area contributed by atoms with Gasteiger partial charge in [-0.1, -0.05) is 158 Å². The molecule has 11 rings (SSSR count). The van der Waals surface area contributed by atoms with E-state index in [0.29, 0.717) is 0 Å². The molecule has 1 heterocycles. The maximum Gasteiger partial charge on any atom is 0.136 e. The highest BCUT2D eigenvalue weighted by Crippen LogP contribution is 2.43. The predicted octanol–water partition coefficient (Wildman–Crippen LogP) is 15.5. The van der Waals surface area contributed by atoms with Gasteiger partial charge >= 0.3 is 0 Å². The number of nitrogens with zero attached hydrogens (tertiary/aromatic N) is 1. The molecule has 0 unspecified atom stereocenters. The van der Waals surface area contributed by atoms with Crippen LogP contribution >= 0.6 is 0 Å². The maximum atomic E-state index is 6.29. The number of fused-ring (bicyclic) bond motifs is 8. The number of hydrogen-bond acceptors (Lipinski definition) is 2. The predicted molar refractivity (Wildman–Crippen MR) is 237 cm³/mol. The van der Waals surface area contributed by atoms with Crippen molar-refractivity contribution in [3.8, 4) is 33.4 Å². The SMILES string of the molecule is c1ccc(-c2ccc(N(c3ccc(-c4cc5c6ccccc6ccc5c5ccccc45)cc3)c3cccc(-c4cccc5oc6ccccc6c45)c3)cc2)cc1. The first-order chi connectivity index (χ1) is 27.8. The Morgan fingerprint density at radius 2 is 0.875 bits per heavy atom. The van der Waals surface area contributed by atoms with Crippen molar-refractivity contribution in [2.24, 2.45) is 0 Å². The average Bonchev–Trinajstić information content (AvgIpc) is 3.66. The highest BCUT2D eigenvalue weighted by Gasteiger charge is 2.18. The molecule has 0 fully saturated rings. The van der Waals surface area contributed by atoms with E-state index >= 15 is 0 Å². The van der Waals surface area contributed by atoms with Gasteiger partial charge in [-0.25, -0.2) is 0 Å². The molecule has 0 saturated heterocycles. The molecule has 10 aromatic carbocycles. The third-order valence-electron chi connectivity index (χ3n) is 11.3. The van der Waals surface area contributed by atoms with Crippen LogP contribution in [0, 0.1) is 0 Å². The van der Waals surface area contributed by atoms with Crippen LogP contribution in [-0.4, -0.2) is 0 Å². The molecule has 11 aromatic rings. The normalized spacial score (nSPS) is 11.6. The van der Waals surface area contributed by atoms with E-state index in [1.807, 2.05) is 12.1 Å². The van der Waals surface area contributed by atoms with Gasteiger partial charge in [0.2, 0.25) is 0 Å². The van der Waals surface area contributed by atoms with Gasteiger partial charge in [0.1, 0.15) is 11.2 Å². The van der Waals surface area contributed by atoms with Crippen molar-refractivity contribution in [2.75, 3.05) is 4.90 Å². The molecule has 1 aromatic heterocycles. The summed E-state index contributed by atoms with van der Waals surface area (Å²) in [6, 6.07) is 76.5. The Morgan fingerprint density at radius 1 is 0.286 bits per heavy atom. The quantitative estimate of drug-likeness (QED) is 0.160. The van der Waals surface area contributed by atoms with Gasteiger partial charge in [0.25, 0.3) is 0 Å². The van der Waals surface area contributed by atoms with Crippen molar-refractivity contribution < 1.29 is 4.42 Å². The van der Waals surface area contributed by atoms with Gasteiger partial charge in [0, 0.05) is 27.8 Å². The molecule has 0 spiro atoms. The highest BCUT2D eigenvalue weighted by atomic mass is 16.3. The van der Waals surface area contributed by atoms with Crippen molar-refractivity contribution in [3.63, 3.8) is 0 Å². The average molecular weight is 714 g/mol. The molecular weight excluding hydrogens is 679 g/mol. The number of furan rings is 1. The Bertz CT molecular complexity index is 3230.